The van der Waals surface area contributed by atoms with E-state index in [0.29, 0.717) is 21.7 Å². The molecule has 6 nitrogen and oxygen atoms in total. The number of aromatic nitrogens is 1. The van der Waals surface area contributed by atoms with Gasteiger partial charge in [-0.2, -0.15) is 0 Å². The molecule has 1 aromatic heterocycles. The Morgan fingerprint density at radius 2 is 1.77 bits per heavy atom. The Balaban J connectivity index is 1.59. The number of hydrogen-bond acceptors (Lipinski definition) is 4. The van der Waals surface area contributed by atoms with Crippen LogP contribution in [0, 0.1) is 0 Å². The number of rotatable bonds is 5. The van der Waals surface area contributed by atoms with E-state index < -0.39 is 0 Å². The molecule has 2 amide bonds. The first-order valence-corrected chi connectivity index (χ1v) is 11.5. The molecule has 3 aromatic rings. The van der Waals surface area contributed by atoms with Crippen molar-refractivity contribution in [3.05, 3.63) is 57.2 Å². The van der Waals surface area contributed by atoms with Gasteiger partial charge in [0, 0.05) is 52.8 Å². The van der Waals surface area contributed by atoms with E-state index in [1.165, 1.54) is 0 Å². The van der Waals surface area contributed by atoms with E-state index in [9.17, 15) is 9.59 Å². The van der Waals surface area contributed by atoms with Crippen LogP contribution >= 0.6 is 27.5 Å². The van der Waals surface area contributed by atoms with Gasteiger partial charge in [-0.1, -0.05) is 29.8 Å². The van der Waals surface area contributed by atoms with Crippen molar-refractivity contribution in [1.82, 2.24) is 14.8 Å². The number of benzene rings is 2. The van der Waals surface area contributed by atoms with Crippen molar-refractivity contribution < 1.29 is 14.3 Å². The first-order valence-electron chi connectivity index (χ1n) is 10.3. The molecule has 3 heterocycles. The van der Waals surface area contributed by atoms with Gasteiger partial charge in [0.1, 0.15) is 0 Å². The second-order valence-corrected chi connectivity index (χ2v) is 9.07. The number of nitrogens with zero attached hydrogens (tertiary/aromatic N) is 2. The summed E-state index contributed by atoms with van der Waals surface area (Å²) >= 11 is 10.1. The van der Waals surface area contributed by atoms with E-state index in [1.807, 2.05) is 30.5 Å². The lowest BCUT2D eigenvalue weighted by atomic mass is 9.94. The third kappa shape index (κ3) is 3.69. The molecule has 0 atom stereocenters. The van der Waals surface area contributed by atoms with Crippen LogP contribution in [0.15, 0.2) is 41.0 Å². The number of aryl methyl sites for hydroxylation is 1. The van der Waals surface area contributed by atoms with Crippen LogP contribution in [0.2, 0.25) is 5.02 Å². The van der Waals surface area contributed by atoms with E-state index in [-0.39, 0.29) is 11.8 Å². The Morgan fingerprint density at radius 1 is 1.03 bits per heavy atom. The summed E-state index contributed by atoms with van der Waals surface area (Å²) in [5.74, 6) is -0.755. The highest BCUT2D eigenvalue weighted by Gasteiger charge is 2.34. The van der Waals surface area contributed by atoms with Crippen LogP contribution in [0.1, 0.15) is 27.1 Å². The number of morpholine rings is 1. The monoisotopic (exact) mass is 501 g/mol. The zero-order valence-corrected chi connectivity index (χ0v) is 19.1. The summed E-state index contributed by atoms with van der Waals surface area (Å²) < 4.78 is 8.38. The minimum atomic E-state index is -0.385. The van der Waals surface area contributed by atoms with Crippen LogP contribution in [0.5, 0.6) is 0 Å². The number of hydrogen-bond donors (Lipinski definition) is 1. The maximum atomic E-state index is 12.7. The number of fused-ring (bicyclic) bond motifs is 3. The quantitative estimate of drug-likeness (QED) is 0.528. The third-order valence-electron chi connectivity index (χ3n) is 5.95. The molecule has 2 aliphatic heterocycles. The molecule has 5 rings (SSSR count). The SMILES string of the molecule is O=C1NC(=O)c2c1c(-c1ccccc1Cl)cc1c2c(Br)cn1CCCN1CCOCC1. The lowest BCUT2D eigenvalue weighted by Crippen LogP contribution is -2.37. The van der Waals surface area contributed by atoms with Crippen LogP contribution in [0.3, 0.4) is 0 Å². The van der Waals surface area contributed by atoms with Gasteiger partial charge in [0.05, 0.1) is 29.9 Å². The Bertz CT molecular complexity index is 1200. The van der Waals surface area contributed by atoms with Crippen molar-refractivity contribution in [1.29, 1.82) is 0 Å². The maximum absolute atomic E-state index is 12.7. The second-order valence-electron chi connectivity index (χ2n) is 7.81. The lowest BCUT2D eigenvalue weighted by Gasteiger charge is -2.26. The third-order valence-corrected chi connectivity index (χ3v) is 6.88. The second kappa shape index (κ2) is 8.39. The van der Waals surface area contributed by atoms with E-state index in [4.69, 9.17) is 16.3 Å². The van der Waals surface area contributed by atoms with E-state index in [2.05, 4.69) is 30.7 Å². The van der Waals surface area contributed by atoms with Crippen molar-refractivity contribution in [3.63, 3.8) is 0 Å². The van der Waals surface area contributed by atoms with Gasteiger partial charge in [0.25, 0.3) is 11.8 Å². The van der Waals surface area contributed by atoms with E-state index >= 15 is 0 Å². The van der Waals surface area contributed by atoms with Gasteiger partial charge in [-0.05, 0) is 40.0 Å². The van der Waals surface area contributed by atoms with Crippen LogP contribution in [-0.4, -0.2) is 54.1 Å². The van der Waals surface area contributed by atoms with Crippen molar-refractivity contribution >= 4 is 50.2 Å². The predicted octanol–water partition coefficient (Wildman–Crippen LogP) is 4.33. The molecule has 0 bridgehead atoms. The molecular formula is C23H21BrClN3O3. The molecule has 1 N–H and O–H groups in total. The molecule has 8 heteroatoms. The minimum absolute atomic E-state index is 0.370. The maximum Gasteiger partial charge on any atom is 0.259 e. The molecule has 1 saturated heterocycles. The van der Waals surface area contributed by atoms with Gasteiger partial charge >= 0.3 is 0 Å². The zero-order chi connectivity index (χ0) is 21.5. The Kier molecular flexibility index (Phi) is 5.60. The summed E-state index contributed by atoms with van der Waals surface area (Å²) in [6.07, 6.45) is 2.97. The standard InChI is InChI=1S/C23H21BrClN3O3/c24-16-13-28(7-3-6-27-8-10-31-11-9-27)18-12-15(14-4-1-2-5-17(14)25)19-21(20(16)18)23(30)26-22(19)29/h1-2,4-5,12-13H,3,6-11H2,(H,26,29,30). The fraction of sp³-hybridized carbons (Fsp3) is 0.304. The Morgan fingerprint density at radius 3 is 2.55 bits per heavy atom. The topological polar surface area (TPSA) is 63.6 Å². The highest BCUT2D eigenvalue weighted by atomic mass is 79.9. The van der Waals surface area contributed by atoms with Crippen LogP contribution in [0.4, 0.5) is 0 Å². The zero-order valence-electron chi connectivity index (χ0n) is 16.8. The summed E-state index contributed by atoms with van der Waals surface area (Å²) in [4.78, 5) is 27.8. The van der Waals surface area contributed by atoms with Gasteiger partial charge in [0.15, 0.2) is 0 Å². The first kappa shape index (κ1) is 20.7. The fourth-order valence-electron chi connectivity index (χ4n) is 4.47. The first-order chi connectivity index (χ1) is 15.0. The number of nitrogens with one attached hydrogen (secondary N) is 1. The molecule has 2 aliphatic rings. The predicted molar refractivity (Wildman–Crippen MR) is 124 cm³/mol. The molecule has 0 radical (unpaired) electrons. The number of imide groups is 1. The normalized spacial score (nSPS) is 16.7. The van der Waals surface area contributed by atoms with Crippen LogP contribution in [0.25, 0.3) is 22.0 Å². The molecule has 31 heavy (non-hydrogen) atoms. The van der Waals surface area contributed by atoms with E-state index in [0.717, 1.165) is 66.8 Å². The van der Waals surface area contributed by atoms with Gasteiger partial charge in [-0.25, -0.2) is 0 Å². The summed E-state index contributed by atoms with van der Waals surface area (Å²) in [6.45, 7) is 5.28. The fourth-order valence-corrected chi connectivity index (χ4v) is 5.35. The van der Waals surface area contributed by atoms with Gasteiger partial charge in [-0.15, -0.1) is 0 Å². The Labute approximate surface area is 193 Å². The molecule has 0 spiro atoms. The number of carbonyl (C=O) groups is 2. The largest absolute Gasteiger partial charge is 0.379 e. The number of amides is 2. The summed E-state index contributed by atoms with van der Waals surface area (Å²) in [7, 11) is 0. The summed E-state index contributed by atoms with van der Waals surface area (Å²) in [5, 5.41) is 3.76. The van der Waals surface area contributed by atoms with Gasteiger partial charge in [-0.3, -0.25) is 19.8 Å². The average molecular weight is 503 g/mol. The molecule has 0 saturated carbocycles. The number of carbonyl (C=O) groups excluding carboxylic acids is 2. The number of ether oxygens (including phenoxy) is 1. The molecular weight excluding hydrogens is 482 g/mol. The van der Waals surface area contributed by atoms with E-state index in [1.54, 1.807) is 6.07 Å². The average Bonchev–Trinajstić information content (AvgIpc) is 3.24. The van der Waals surface area contributed by atoms with Crippen LogP contribution < -0.4 is 5.32 Å². The van der Waals surface area contributed by atoms with Crippen LogP contribution in [-0.2, 0) is 11.3 Å². The molecule has 0 aliphatic carbocycles. The Hall–Kier alpha value is -2.19. The molecule has 0 unspecified atom stereocenters. The number of halogens is 2. The minimum Gasteiger partial charge on any atom is -0.379 e. The smallest absolute Gasteiger partial charge is 0.259 e. The van der Waals surface area contributed by atoms with Gasteiger partial charge in [0.2, 0.25) is 0 Å². The highest BCUT2D eigenvalue weighted by Crippen LogP contribution is 2.41. The molecule has 160 valence electrons. The van der Waals surface area contributed by atoms with Crippen molar-refractivity contribution in [2.24, 2.45) is 0 Å². The van der Waals surface area contributed by atoms with Crippen molar-refractivity contribution in [3.8, 4) is 11.1 Å². The van der Waals surface area contributed by atoms with Gasteiger partial charge < -0.3 is 9.30 Å². The lowest BCUT2D eigenvalue weighted by molar-refractivity contribution is 0.0369. The van der Waals surface area contributed by atoms with Crippen molar-refractivity contribution in [2.75, 3.05) is 32.8 Å². The highest BCUT2D eigenvalue weighted by molar-refractivity contribution is 9.10. The summed E-state index contributed by atoms with van der Waals surface area (Å²) in [6, 6.07) is 9.37. The molecule has 1 fully saturated rings. The molecule has 2 aromatic carbocycles. The summed E-state index contributed by atoms with van der Waals surface area (Å²) in [5.41, 5.74) is 3.13. The van der Waals surface area contributed by atoms with Crippen molar-refractivity contribution in [2.45, 2.75) is 13.0 Å².